The van der Waals surface area contributed by atoms with Crippen molar-refractivity contribution in [1.82, 2.24) is 0 Å². The summed E-state index contributed by atoms with van der Waals surface area (Å²) in [5.41, 5.74) is 15.5. The number of rotatable bonds is 1. The van der Waals surface area contributed by atoms with Crippen molar-refractivity contribution in [3.63, 3.8) is 0 Å². The Morgan fingerprint density at radius 1 is 0.516 bits per heavy atom. The third-order valence-corrected chi connectivity index (χ3v) is 5.29. The second-order valence-electron chi connectivity index (χ2n) is 7.53. The summed E-state index contributed by atoms with van der Waals surface area (Å²) in [7, 11) is 0. The average molecular weight is 399 g/mol. The van der Waals surface area contributed by atoms with Crippen LogP contribution >= 0.6 is 0 Å². The minimum absolute atomic E-state index is 0.722. The van der Waals surface area contributed by atoms with E-state index in [1.165, 1.54) is 0 Å². The third-order valence-electron chi connectivity index (χ3n) is 5.29. The highest BCUT2D eigenvalue weighted by molar-refractivity contribution is 6.32. The van der Waals surface area contributed by atoms with E-state index in [2.05, 4.69) is 9.98 Å². The van der Waals surface area contributed by atoms with Crippen molar-refractivity contribution >= 4 is 34.1 Å². The third kappa shape index (κ3) is 3.32. The highest BCUT2D eigenvalue weighted by Gasteiger charge is 2.19. The van der Waals surface area contributed by atoms with Gasteiger partial charge in [0.2, 0.25) is 0 Å². The first-order valence-corrected chi connectivity index (χ1v) is 10.0. The van der Waals surface area contributed by atoms with E-state index in [9.17, 15) is 0 Å². The number of fused-ring (bicyclic) bond motifs is 4. The highest BCUT2D eigenvalue weighted by atomic mass is 14.8. The van der Waals surface area contributed by atoms with Crippen molar-refractivity contribution in [3.05, 3.63) is 119 Å². The minimum Gasteiger partial charge on any atom is -0.399 e. The molecule has 0 amide bonds. The maximum atomic E-state index is 5.91. The molecule has 1 aromatic carbocycles. The van der Waals surface area contributed by atoms with Crippen LogP contribution in [0.15, 0.2) is 134 Å². The molecule has 8 bridgehead atoms. The molecule has 0 atom stereocenters. The van der Waals surface area contributed by atoms with Gasteiger partial charge < -0.3 is 5.73 Å². The molecule has 5 heterocycles. The molecule has 5 aliphatic rings. The number of nitrogen functional groups attached to an aromatic ring is 1. The number of aliphatic imine (C=N–C) groups is 4. The van der Waals surface area contributed by atoms with Gasteiger partial charge in [0.25, 0.3) is 0 Å². The first kappa shape index (κ1) is 17.5. The quantitative estimate of drug-likeness (QED) is 0.684. The molecule has 5 nitrogen and oxygen atoms in total. The smallest absolute Gasteiger partial charge is 0.0737 e. The Morgan fingerprint density at radius 2 is 1.06 bits per heavy atom. The molecule has 31 heavy (non-hydrogen) atoms. The zero-order valence-electron chi connectivity index (χ0n) is 16.5. The summed E-state index contributed by atoms with van der Waals surface area (Å²) in [6, 6.07) is 7.80. The van der Waals surface area contributed by atoms with Gasteiger partial charge in [-0.05, 0) is 84.5 Å². The zero-order valence-corrected chi connectivity index (χ0v) is 16.5. The number of hydrogen-bond donors (Lipinski definition) is 1. The van der Waals surface area contributed by atoms with E-state index in [0.717, 1.165) is 62.5 Å². The summed E-state index contributed by atoms with van der Waals surface area (Å²) in [5, 5.41) is 0. The fourth-order valence-electron chi connectivity index (χ4n) is 3.84. The molecule has 5 heteroatoms. The lowest BCUT2D eigenvalue weighted by Crippen LogP contribution is -2.00. The van der Waals surface area contributed by atoms with E-state index in [4.69, 9.17) is 15.7 Å². The monoisotopic (exact) mass is 399 g/mol. The second-order valence-corrected chi connectivity index (χ2v) is 7.53. The number of hydrogen-bond acceptors (Lipinski definition) is 5. The van der Waals surface area contributed by atoms with Crippen LogP contribution in [-0.4, -0.2) is 22.8 Å². The van der Waals surface area contributed by atoms with Crippen LogP contribution in [0.3, 0.4) is 0 Å². The topological polar surface area (TPSA) is 75.5 Å². The number of nitrogens with zero attached hydrogens (tertiary/aromatic N) is 4. The molecule has 5 aliphatic heterocycles. The average Bonchev–Trinajstić information content (AvgIpc) is 3.55. The van der Waals surface area contributed by atoms with Crippen LogP contribution < -0.4 is 5.73 Å². The van der Waals surface area contributed by atoms with E-state index >= 15 is 0 Å². The van der Waals surface area contributed by atoms with Gasteiger partial charge >= 0.3 is 0 Å². The number of anilines is 1. The Bertz CT molecular complexity index is 1390. The standard InChI is InChI=1S/C26H17N5/c27-17-3-1-16(2-4-17)26-24-11-9-22(30-24)14-20-7-5-18(28-20)13-19-6-8-21(29-19)15-23-10-12-25(26)31-23/h1-15H,27H2. The van der Waals surface area contributed by atoms with Crippen molar-refractivity contribution in [1.29, 1.82) is 0 Å². The van der Waals surface area contributed by atoms with Gasteiger partial charge in [0.15, 0.2) is 0 Å². The fraction of sp³-hybridized carbons (Fsp3) is 0. The first-order valence-electron chi connectivity index (χ1n) is 10.0. The molecule has 0 aromatic heterocycles. The van der Waals surface area contributed by atoms with Gasteiger partial charge in [0.1, 0.15) is 0 Å². The van der Waals surface area contributed by atoms with Crippen molar-refractivity contribution in [2.75, 3.05) is 5.73 Å². The summed E-state index contributed by atoms with van der Waals surface area (Å²) in [4.78, 5) is 19.1. The molecule has 1 aromatic rings. The summed E-state index contributed by atoms with van der Waals surface area (Å²) in [6.45, 7) is 0. The van der Waals surface area contributed by atoms with E-state index in [0.29, 0.717) is 0 Å². The van der Waals surface area contributed by atoms with Crippen molar-refractivity contribution in [3.8, 4) is 0 Å². The van der Waals surface area contributed by atoms with Crippen LogP contribution in [0.5, 0.6) is 0 Å². The predicted octanol–water partition coefficient (Wildman–Crippen LogP) is 4.69. The van der Waals surface area contributed by atoms with Crippen molar-refractivity contribution in [2.24, 2.45) is 20.0 Å². The van der Waals surface area contributed by atoms with E-state index in [-0.39, 0.29) is 0 Å². The van der Waals surface area contributed by atoms with Crippen molar-refractivity contribution < 1.29 is 0 Å². The first-order chi connectivity index (χ1) is 15.2. The summed E-state index contributed by atoms with van der Waals surface area (Å²) >= 11 is 0. The van der Waals surface area contributed by atoms with Crippen LogP contribution in [0, 0.1) is 0 Å². The van der Waals surface area contributed by atoms with Gasteiger partial charge in [0, 0.05) is 11.3 Å². The van der Waals surface area contributed by atoms with E-state index in [1.807, 2.05) is 91.1 Å². The molecule has 0 fully saturated rings. The lowest BCUT2D eigenvalue weighted by atomic mass is 9.98. The van der Waals surface area contributed by atoms with Crippen molar-refractivity contribution in [2.45, 2.75) is 0 Å². The largest absolute Gasteiger partial charge is 0.399 e. The molecule has 0 aliphatic carbocycles. The summed E-state index contributed by atoms with van der Waals surface area (Å²) in [6.07, 6.45) is 21.9. The lowest BCUT2D eigenvalue weighted by molar-refractivity contribution is 1.41. The molecular formula is C26H17N5. The number of nitrogens with two attached hydrogens (primary N) is 1. The Labute approximate surface area is 179 Å². The molecule has 0 radical (unpaired) electrons. The predicted molar refractivity (Wildman–Crippen MR) is 128 cm³/mol. The SMILES string of the molecule is Nc1ccc(C2=C3C=CC(=N3)C=C3C=CC(=N3)C=C3C=CC(=N3)C=C3C=CC2=N3)cc1. The Hall–Kier alpha value is -4.38. The summed E-state index contributed by atoms with van der Waals surface area (Å²) in [5.74, 6) is 0. The highest BCUT2D eigenvalue weighted by Crippen LogP contribution is 2.30. The van der Waals surface area contributed by atoms with Gasteiger partial charge in [-0.3, -0.25) is 0 Å². The molecule has 0 unspecified atom stereocenters. The number of allylic oxidation sites excluding steroid dienone is 12. The van der Waals surface area contributed by atoms with Crippen LogP contribution in [0.1, 0.15) is 5.56 Å². The van der Waals surface area contributed by atoms with Crippen LogP contribution in [0.2, 0.25) is 0 Å². The van der Waals surface area contributed by atoms with E-state index < -0.39 is 0 Å². The van der Waals surface area contributed by atoms with Crippen LogP contribution in [0.25, 0.3) is 5.57 Å². The van der Waals surface area contributed by atoms with Gasteiger partial charge in [-0.15, -0.1) is 0 Å². The lowest BCUT2D eigenvalue weighted by Gasteiger charge is -2.09. The zero-order chi connectivity index (χ0) is 20.8. The molecule has 2 N–H and O–H groups in total. The Kier molecular flexibility index (Phi) is 3.86. The van der Waals surface area contributed by atoms with Gasteiger partial charge in [-0.2, -0.15) is 0 Å². The molecular weight excluding hydrogens is 382 g/mol. The Morgan fingerprint density at radius 3 is 1.74 bits per heavy atom. The maximum Gasteiger partial charge on any atom is 0.0737 e. The molecule has 6 rings (SSSR count). The summed E-state index contributed by atoms with van der Waals surface area (Å²) < 4.78 is 0. The van der Waals surface area contributed by atoms with Crippen LogP contribution in [-0.2, 0) is 0 Å². The maximum absolute atomic E-state index is 5.91. The molecule has 0 spiro atoms. The van der Waals surface area contributed by atoms with Crippen LogP contribution in [0.4, 0.5) is 5.69 Å². The fourth-order valence-corrected chi connectivity index (χ4v) is 3.84. The number of benzene rings is 1. The molecule has 0 saturated carbocycles. The normalized spacial score (nSPS) is 20.5. The van der Waals surface area contributed by atoms with E-state index in [1.54, 1.807) is 0 Å². The minimum atomic E-state index is 0.722. The second kappa shape index (κ2) is 6.85. The van der Waals surface area contributed by atoms with Gasteiger partial charge in [-0.25, -0.2) is 20.0 Å². The molecule has 0 saturated heterocycles. The Balaban J connectivity index is 1.56. The van der Waals surface area contributed by atoms with Gasteiger partial charge in [-0.1, -0.05) is 12.1 Å². The molecule has 146 valence electrons. The van der Waals surface area contributed by atoms with Gasteiger partial charge in [0.05, 0.1) is 45.6 Å².